The van der Waals surface area contributed by atoms with Crippen molar-refractivity contribution in [2.24, 2.45) is 11.3 Å². The van der Waals surface area contributed by atoms with Crippen LogP contribution < -0.4 is 10.1 Å². The average molecular weight is 397 g/mol. The van der Waals surface area contributed by atoms with Crippen molar-refractivity contribution in [1.29, 1.82) is 0 Å². The lowest BCUT2D eigenvalue weighted by atomic mass is 9.81. The summed E-state index contributed by atoms with van der Waals surface area (Å²) in [6.07, 6.45) is 2.63. The highest BCUT2D eigenvalue weighted by atomic mass is 35.5. The normalized spacial score (nSPS) is 26.6. The van der Waals surface area contributed by atoms with E-state index in [-0.39, 0.29) is 36.3 Å². The van der Waals surface area contributed by atoms with Crippen LogP contribution in [0.25, 0.3) is 0 Å². The van der Waals surface area contributed by atoms with Gasteiger partial charge in [0, 0.05) is 18.7 Å². The van der Waals surface area contributed by atoms with Gasteiger partial charge in [0.15, 0.2) is 0 Å². The van der Waals surface area contributed by atoms with Gasteiger partial charge in [-0.05, 0) is 38.7 Å². The highest BCUT2D eigenvalue weighted by Gasteiger charge is 2.55. The van der Waals surface area contributed by atoms with E-state index < -0.39 is 11.4 Å². The highest BCUT2D eigenvalue weighted by Crippen LogP contribution is 2.49. The first-order valence-corrected chi connectivity index (χ1v) is 9.30. The zero-order chi connectivity index (χ0) is 18.9. The number of carboxylic acids is 1. The van der Waals surface area contributed by atoms with Crippen molar-refractivity contribution in [3.05, 3.63) is 29.8 Å². The molecular formula is C20H29ClN2O4. The Morgan fingerprint density at radius 3 is 2.67 bits per heavy atom. The number of likely N-dealkylation sites (tertiary alicyclic amines) is 1. The second-order valence-corrected chi connectivity index (χ2v) is 7.63. The fourth-order valence-electron chi connectivity index (χ4n) is 4.57. The standard InChI is InChI=1S/C20H28N2O4.ClH/c1-13(16-8-4-5-9-17(16)26-3)21-18(23)14(2)22-11-15-7-6-10-20(15,12-22)19(24)25;/h4-5,8-9,13-15H,6-7,10-12H2,1-3H3,(H,21,23)(H,24,25);1H/t13?,14?,15-,20+;/m0./s1. The van der Waals surface area contributed by atoms with Crippen LogP contribution in [0.4, 0.5) is 0 Å². The van der Waals surface area contributed by atoms with Crippen LogP contribution in [0.3, 0.4) is 0 Å². The summed E-state index contributed by atoms with van der Waals surface area (Å²) < 4.78 is 5.37. The number of rotatable bonds is 6. The van der Waals surface area contributed by atoms with E-state index in [1.807, 2.05) is 43.0 Å². The molecule has 0 bridgehead atoms. The largest absolute Gasteiger partial charge is 0.496 e. The van der Waals surface area contributed by atoms with Gasteiger partial charge in [-0.1, -0.05) is 24.6 Å². The van der Waals surface area contributed by atoms with Gasteiger partial charge < -0.3 is 15.2 Å². The van der Waals surface area contributed by atoms with Crippen molar-refractivity contribution in [3.63, 3.8) is 0 Å². The highest BCUT2D eigenvalue weighted by molar-refractivity contribution is 5.85. The Kier molecular flexibility index (Phi) is 6.76. The van der Waals surface area contributed by atoms with E-state index >= 15 is 0 Å². The van der Waals surface area contributed by atoms with Gasteiger partial charge in [0.1, 0.15) is 5.75 Å². The lowest BCUT2D eigenvalue weighted by Gasteiger charge is -2.28. The Bertz CT molecular complexity index is 698. The number of amides is 1. The molecule has 1 aliphatic carbocycles. The summed E-state index contributed by atoms with van der Waals surface area (Å²) >= 11 is 0. The number of halogens is 1. The zero-order valence-corrected chi connectivity index (χ0v) is 16.9. The van der Waals surface area contributed by atoms with Crippen molar-refractivity contribution < 1.29 is 19.4 Å². The Labute approximate surface area is 166 Å². The first kappa shape index (κ1) is 21.5. The number of nitrogens with zero attached hydrogens (tertiary/aromatic N) is 1. The maximum atomic E-state index is 12.8. The number of para-hydroxylation sites is 1. The number of methoxy groups -OCH3 is 1. The first-order chi connectivity index (χ1) is 12.4. The molecule has 1 amide bonds. The fourth-order valence-corrected chi connectivity index (χ4v) is 4.57. The summed E-state index contributed by atoms with van der Waals surface area (Å²) in [6, 6.07) is 7.09. The van der Waals surface area contributed by atoms with E-state index in [2.05, 4.69) is 5.32 Å². The molecule has 6 nitrogen and oxygen atoms in total. The van der Waals surface area contributed by atoms with Crippen LogP contribution in [0.15, 0.2) is 24.3 Å². The molecule has 150 valence electrons. The molecule has 7 heteroatoms. The van der Waals surface area contributed by atoms with Gasteiger partial charge in [-0.2, -0.15) is 0 Å². The average Bonchev–Trinajstić information content (AvgIpc) is 3.19. The number of ether oxygens (including phenoxy) is 1. The number of benzene rings is 1. The van der Waals surface area contributed by atoms with Gasteiger partial charge in [-0.25, -0.2) is 0 Å². The van der Waals surface area contributed by atoms with Crippen LogP contribution in [-0.4, -0.2) is 48.1 Å². The molecule has 1 aromatic carbocycles. The molecular weight excluding hydrogens is 368 g/mol. The third kappa shape index (κ3) is 3.92. The number of carbonyl (C=O) groups excluding carboxylic acids is 1. The lowest BCUT2D eigenvalue weighted by molar-refractivity contribution is -0.149. The molecule has 2 aliphatic rings. The first-order valence-electron chi connectivity index (χ1n) is 9.30. The summed E-state index contributed by atoms with van der Waals surface area (Å²) in [7, 11) is 1.62. The summed E-state index contributed by atoms with van der Waals surface area (Å²) in [5.74, 6) is 0.108. The molecule has 0 aromatic heterocycles. The van der Waals surface area contributed by atoms with Gasteiger partial charge in [-0.3, -0.25) is 14.5 Å². The molecule has 1 aliphatic heterocycles. The minimum Gasteiger partial charge on any atom is -0.496 e. The van der Waals surface area contributed by atoms with Gasteiger partial charge in [0.25, 0.3) is 0 Å². The molecule has 1 heterocycles. The van der Waals surface area contributed by atoms with Crippen LogP contribution in [0.5, 0.6) is 5.75 Å². The predicted molar refractivity (Wildman–Crippen MR) is 105 cm³/mol. The molecule has 0 spiro atoms. The Balaban J connectivity index is 0.00000261. The molecule has 4 atom stereocenters. The van der Waals surface area contributed by atoms with Crippen molar-refractivity contribution in [3.8, 4) is 5.75 Å². The second-order valence-electron chi connectivity index (χ2n) is 7.63. The second kappa shape index (κ2) is 8.48. The minimum absolute atomic E-state index is 0. The molecule has 1 saturated carbocycles. The third-order valence-electron chi connectivity index (χ3n) is 6.21. The summed E-state index contributed by atoms with van der Waals surface area (Å²) in [5, 5.41) is 12.8. The monoisotopic (exact) mass is 396 g/mol. The number of fused-ring (bicyclic) bond motifs is 1. The van der Waals surface area contributed by atoms with Gasteiger partial charge in [-0.15, -0.1) is 12.4 Å². The fraction of sp³-hybridized carbons (Fsp3) is 0.600. The molecule has 0 radical (unpaired) electrons. The van der Waals surface area contributed by atoms with E-state index in [1.165, 1.54) is 0 Å². The van der Waals surface area contributed by atoms with E-state index in [1.54, 1.807) is 7.11 Å². The Hall–Kier alpha value is -1.79. The van der Waals surface area contributed by atoms with E-state index in [4.69, 9.17) is 4.74 Å². The van der Waals surface area contributed by atoms with Crippen LogP contribution in [0, 0.1) is 11.3 Å². The lowest BCUT2D eigenvalue weighted by Crippen LogP contribution is -2.46. The molecule has 2 N–H and O–H groups in total. The summed E-state index contributed by atoms with van der Waals surface area (Å²) in [4.78, 5) is 26.6. The number of hydrogen-bond donors (Lipinski definition) is 2. The summed E-state index contributed by atoms with van der Waals surface area (Å²) in [6.45, 7) is 4.94. The van der Waals surface area contributed by atoms with Gasteiger partial charge in [0.05, 0.1) is 24.6 Å². The predicted octanol–water partition coefficient (Wildman–Crippen LogP) is 2.87. The summed E-state index contributed by atoms with van der Waals surface area (Å²) in [5.41, 5.74) is 0.263. The van der Waals surface area contributed by atoms with Crippen LogP contribution >= 0.6 is 12.4 Å². The van der Waals surface area contributed by atoms with E-state index in [0.717, 1.165) is 30.6 Å². The maximum absolute atomic E-state index is 12.8. The van der Waals surface area contributed by atoms with Crippen LogP contribution in [0.1, 0.15) is 44.7 Å². The molecule has 1 aromatic rings. The molecule has 3 rings (SSSR count). The van der Waals surface area contributed by atoms with E-state index in [0.29, 0.717) is 13.1 Å². The Morgan fingerprint density at radius 1 is 1.33 bits per heavy atom. The van der Waals surface area contributed by atoms with Crippen molar-refractivity contribution in [2.75, 3.05) is 20.2 Å². The van der Waals surface area contributed by atoms with Crippen LogP contribution in [0.2, 0.25) is 0 Å². The van der Waals surface area contributed by atoms with Crippen LogP contribution in [-0.2, 0) is 9.59 Å². The molecule has 2 unspecified atom stereocenters. The maximum Gasteiger partial charge on any atom is 0.311 e. The molecule has 27 heavy (non-hydrogen) atoms. The number of carbonyl (C=O) groups is 2. The topological polar surface area (TPSA) is 78.9 Å². The quantitative estimate of drug-likeness (QED) is 0.773. The van der Waals surface area contributed by atoms with Crippen molar-refractivity contribution in [2.45, 2.75) is 45.2 Å². The van der Waals surface area contributed by atoms with Gasteiger partial charge >= 0.3 is 5.97 Å². The smallest absolute Gasteiger partial charge is 0.311 e. The van der Waals surface area contributed by atoms with E-state index in [9.17, 15) is 14.7 Å². The Morgan fingerprint density at radius 2 is 2.04 bits per heavy atom. The number of carboxylic acid groups (broad SMARTS) is 1. The SMILES string of the molecule is COc1ccccc1C(C)NC(=O)C(C)N1C[C@@H]2CCC[C@@]2(C(=O)O)C1.Cl. The third-order valence-corrected chi connectivity index (χ3v) is 6.21. The number of hydrogen-bond acceptors (Lipinski definition) is 4. The molecule has 1 saturated heterocycles. The molecule has 2 fully saturated rings. The number of aliphatic carboxylic acids is 1. The van der Waals surface area contributed by atoms with Gasteiger partial charge in [0.2, 0.25) is 5.91 Å². The van der Waals surface area contributed by atoms with Crippen molar-refractivity contribution >= 4 is 24.3 Å². The zero-order valence-electron chi connectivity index (χ0n) is 16.1. The van der Waals surface area contributed by atoms with Crippen molar-refractivity contribution in [1.82, 2.24) is 10.2 Å². The minimum atomic E-state index is -0.711. The number of nitrogens with one attached hydrogen (secondary N) is 1.